The summed E-state index contributed by atoms with van der Waals surface area (Å²) in [7, 11) is 4.38. The maximum absolute atomic E-state index is 12.9. The molecule has 4 saturated carbocycles. The Bertz CT molecular complexity index is 832. The summed E-state index contributed by atoms with van der Waals surface area (Å²) >= 11 is 0. The molecule has 7 rings (SSSR count). The lowest BCUT2D eigenvalue weighted by atomic mass is 9.53. The third kappa shape index (κ3) is 2.59. The fourth-order valence-corrected chi connectivity index (χ4v) is 8.23. The van der Waals surface area contributed by atoms with Crippen molar-refractivity contribution in [3.63, 3.8) is 0 Å². The predicted molar refractivity (Wildman–Crippen MR) is 113 cm³/mol. The molecule has 5 heteroatoms. The summed E-state index contributed by atoms with van der Waals surface area (Å²) in [6.45, 7) is 3.45. The number of nitrogens with one attached hydrogen (secondary N) is 1. The standard InChI is InChI=1S/C24H33N3O2/c1-23-6-7-26(2)21(23)27(3)20-5-4-18(11-19(20)23)29-22(28)25-24-12-15-8-16(13-24)10-17(9-15)14-24/h4-5,11,15-17,21H,6-10,12-14H2,1-3H3,(H,25,28)/t15?,16?,17?,21-,23+,24?/m1/s1. The smallest absolute Gasteiger partial charge is 0.410 e. The minimum Gasteiger partial charge on any atom is -0.410 e. The second-order valence-corrected chi connectivity index (χ2v) is 11.0. The van der Waals surface area contributed by atoms with Crippen molar-refractivity contribution in [3.05, 3.63) is 23.8 Å². The summed E-state index contributed by atoms with van der Waals surface area (Å²) in [5.74, 6) is 3.12. The first-order valence-electron chi connectivity index (χ1n) is 11.4. The third-order valence-corrected chi connectivity index (χ3v) is 8.92. The molecule has 1 aromatic carbocycles. The van der Waals surface area contributed by atoms with Crippen molar-refractivity contribution < 1.29 is 9.53 Å². The molecule has 2 aliphatic heterocycles. The lowest BCUT2D eigenvalue weighted by Crippen LogP contribution is -2.60. The summed E-state index contributed by atoms with van der Waals surface area (Å²) in [5, 5.41) is 3.33. The van der Waals surface area contributed by atoms with Crippen LogP contribution in [0.1, 0.15) is 57.4 Å². The van der Waals surface area contributed by atoms with E-state index in [2.05, 4.69) is 48.3 Å². The molecule has 1 N–H and O–H groups in total. The van der Waals surface area contributed by atoms with Crippen molar-refractivity contribution in [2.45, 2.75) is 69.0 Å². The van der Waals surface area contributed by atoms with Crippen LogP contribution >= 0.6 is 0 Å². The maximum atomic E-state index is 12.9. The molecule has 0 radical (unpaired) electrons. The van der Waals surface area contributed by atoms with Crippen molar-refractivity contribution in [3.8, 4) is 5.75 Å². The van der Waals surface area contributed by atoms with Crippen molar-refractivity contribution in [2.75, 3.05) is 25.5 Å². The Morgan fingerprint density at radius 1 is 1.10 bits per heavy atom. The van der Waals surface area contributed by atoms with Crippen LogP contribution in [0, 0.1) is 17.8 Å². The molecule has 6 aliphatic rings. The van der Waals surface area contributed by atoms with Gasteiger partial charge in [0.2, 0.25) is 0 Å². The predicted octanol–water partition coefficient (Wildman–Crippen LogP) is 4.11. The van der Waals surface area contributed by atoms with Gasteiger partial charge in [-0.05, 0) is 93.5 Å². The highest BCUT2D eigenvalue weighted by Gasteiger charge is 2.53. The van der Waals surface area contributed by atoms with Gasteiger partial charge in [0.25, 0.3) is 0 Å². The molecule has 4 bridgehead atoms. The number of nitrogens with zero attached hydrogens (tertiary/aromatic N) is 2. The van der Waals surface area contributed by atoms with Crippen LogP contribution in [0.5, 0.6) is 5.75 Å². The SMILES string of the molecule is CN1CC[C@@]2(C)c3cc(OC(=O)NC45CC6CC(CC(C6)C4)C5)ccc3N(C)[C@@H]12. The summed E-state index contributed by atoms with van der Waals surface area (Å²) < 4.78 is 5.85. The van der Waals surface area contributed by atoms with E-state index in [0.29, 0.717) is 11.9 Å². The first-order valence-corrected chi connectivity index (χ1v) is 11.4. The average Bonchev–Trinajstić information content (AvgIpc) is 3.05. The van der Waals surface area contributed by atoms with Gasteiger partial charge in [0, 0.05) is 30.2 Å². The van der Waals surface area contributed by atoms with E-state index in [1.807, 2.05) is 6.07 Å². The zero-order valence-electron chi connectivity index (χ0n) is 17.9. The lowest BCUT2D eigenvalue weighted by Gasteiger charge is -2.56. The molecule has 1 saturated heterocycles. The van der Waals surface area contributed by atoms with Gasteiger partial charge in [-0.15, -0.1) is 0 Å². The number of carbonyl (C=O) groups is 1. The molecule has 29 heavy (non-hydrogen) atoms. The molecule has 5 nitrogen and oxygen atoms in total. The van der Waals surface area contributed by atoms with Gasteiger partial charge in [0.05, 0.1) is 6.17 Å². The summed E-state index contributed by atoms with van der Waals surface area (Å²) in [4.78, 5) is 17.7. The fraction of sp³-hybridized carbons (Fsp3) is 0.708. The van der Waals surface area contributed by atoms with E-state index in [1.165, 1.54) is 30.5 Å². The molecule has 4 aliphatic carbocycles. The highest BCUT2D eigenvalue weighted by Crippen LogP contribution is 2.56. The summed E-state index contributed by atoms with van der Waals surface area (Å²) in [6.07, 6.45) is 8.83. The number of likely N-dealkylation sites (tertiary alicyclic amines) is 1. The number of benzene rings is 1. The van der Waals surface area contributed by atoms with Gasteiger partial charge in [0.1, 0.15) is 5.75 Å². The summed E-state index contributed by atoms with van der Waals surface area (Å²) in [6, 6.07) is 6.20. The number of hydrogen-bond acceptors (Lipinski definition) is 4. The van der Waals surface area contributed by atoms with Gasteiger partial charge in [-0.25, -0.2) is 4.79 Å². The van der Waals surface area contributed by atoms with Crippen molar-refractivity contribution >= 4 is 11.8 Å². The molecular formula is C24H33N3O2. The number of ether oxygens (including phenoxy) is 1. The normalized spacial score (nSPS) is 42.1. The Morgan fingerprint density at radius 3 is 2.41 bits per heavy atom. The number of amides is 1. The zero-order valence-corrected chi connectivity index (χ0v) is 17.9. The molecule has 156 valence electrons. The van der Waals surface area contributed by atoms with Crippen LogP contribution in [-0.4, -0.2) is 43.3 Å². The Morgan fingerprint density at radius 2 is 1.76 bits per heavy atom. The number of fused-ring (bicyclic) bond motifs is 3. The first kappa shape index (κ1) is 18.1. The Hall–Kier alpha value is -1.75. The van der Waals surface area contributed by atoms with Gasteiger partial charge in [-0.3, -0.25) is 4.90 Å². The molecule has 1 aromatic rings. The van der Waals surface area contributed by atoms with Crippen LogP contribution in [0.2, 0.25) is 0 Å². The van der Waals surface area contributed by atoms with E-state index in [1.54, 1.807) is 0 Å². The molecule has 5 fully saturated rings. The number of carbonyl (C=O) groups excluding carboxylic acids is 1. The van der Waals surface area contributed by atoms with E-state index in [9.17, 15) is 4.79 Å². The molecule has 0 spiro atoms. The number of rotatable bonds is 2. The third-order valence-electron chi connectivity index (χ3n) is 8.92. The number of likely N-dealkylation sites (N-methyl/N-ethyl adjacent to an activating group) is 2. The fourth-order valence-electron chi connectivity index (χ4n) is 8.23. The van der Waals surface area contributed by atoms with Crippen molar-refractivity contribution in [1.82, 2.24) is 10.2 Å². The van der Waals surface area contributed by atoms with Crippen LogP contribution < -0.4 is 15.0 Å². The van der Waals surface area contributed by atoms with Gasteiger partial charge in [-0.1, -0.05) is 6.92 Å². The topological polar surface area (TPSA) is 44.8 Å². The summed E-state index contributed by atoms with van der Waals surface area (Å²) in [5.41, 5.74) is 2.66. The van der Waals surface area contributed by atoms with E-state index >= 15 is 0 Å². The second kappa shape index (κ2) is 5.90. The quantitative estimate of drug-likeness (QED) is 0.818. The molecule has 2 heterocycles. The Labute approximate surface area is 173 Å². The van der Waals surface area contributed by atoms with Crippen LogP contribution in [0.15, 0.2) is 18.2 Å². The van der Waals surface area contributed by atoms with Crippen LogP contribution in [0.4, 0.5) is 10.5 Å². The molecule has 2 atom stereocenters. The van der Waals surface area contributed by atoms with Crippen molar-refractivity contribution in [2.24, 2.45) is 17.8 Å². The lowest BCUT2D eigenvalue weighted by molar-refractivity contribution is -0.0161. The highest BCUT2D eigenvalue weighted by atomic mass is 16.6. The van der Waals surface area contributed by atoms with Crippen LogP contribution in [-0.2, 0) is 5.41 Å². The maximum Gasteiger partial charge on any atom is 0.413 e. The largest absolute Gasteiger partial charge is 0.413 e. The van der Waals surface area contributed by atoms with E-state index in [0.717, 1.165) is 50.0 Å². The molecule has 0 aromatic heterocycles. The van der Waals surface area contributed by atoms with Crippen molar-refractivity contribution in [1.29, 1.82) is 0 Å². The van der Waals surface area contributed by atoms with Crippen LogP contribution in [0.25, 0.3) is 0 Å². The van der Waals surface area contributed by atoms with Gasteiger partial charge < -0.3 is 15.0 Å². The highest BCUT2D eigenvalue weighted by molar-refractivity contribution is 5.73. The van der Waals surface area contributed by atoms with Gasteiger partial charge >= 0.3 is 6.09 Å². The van der Waals surface area contributed by atoms with E-state index < -0.39 is 0 Å². The molecule has 0 unspecified atom stereocenters. The molecule has 1 amide bonds. The average molecular weight is 396 g/mol. The first-order chi connectivity index (χ1) is 13.9. The Kier molecular flexibility index (Phi) is 3.67. The van der Waals surface area contributed by atoms with E-state index in [-0.39, 0.29) is 17.0 Å². The van der Waals surface area contributed by atoms with Gasteiger partial charge in [-0.2, -0.15) is 0 Å². The second-order valence-electron chi connectivity index (χ2n) is 11.0. The monoisotopic (exact) mass is 395 g/mol. The Balaban J connectivity index is 1.21. The number of hydrogen-bond donors (Lipinski definition) is 1. The molecular weight excluding hydrogens is 362 g/mol. The number of anilines is 1. The zero-order chi connectivity index (χ0) is 20.0. The van der Waals surface area contributed by atoms with Gasteiger partial charge in [0.15, 0.2) is 0 Å². The minimum absolute atomic E-state index is 0.00593. The van der Waals surface area contributed by atoms with E-state index in [4.69, 9.17) is 4.74 Å². The van der Waals surface area contributed by atoms with Crippen LogP contribution in [0.3, 0.4) is 0 Å². The minimum atomic E-state index is -0.261.